The van der Waals surface area contributed by atoms with E-state index in [1.165, 1.54) is 0 Å². The highest BCUT2D eigenvalue weighted by Gasteiger charge is 2.25. The first-order chi connectivity index (χ1) is 13.1. The molecule has 0 unspecified atom stereocenters. The van der Waals surface area contributed by atoms with Crippen molar-refractivity contribution in [3.63, 3.8) is 0 Å². The lowest BCUT2D eigenvalue weighted by molar-refractivity contribution is -0.116. The molecule has 2 aromatic carbocycles. The van der Waals surface area contributed by atoms with Crippen molar-refractivity contribution in [2.75, 3.05) is 19.5 Å². The van der Waals surface area contributed by atoms with Crippen LogP contribution in [0, 0.1) is 0 Å². The van der Waals surface area contributed by atoms with Crippen molar-refractivity contribution in [1.29, 1.82) is 0 Å². The van der Waals surface area contributed by atoms with Crippen LogP contribution in [0.15, 0.2) is 42.5 Å². The van der Waals surface area contributed by atoms with E-state index >= 15 is 0 Å². The Kier molecular flexibility index (Phi) is 5.96. The van der Waals surface area contributed by atoms with Crippen molar-refractivity contribution in [2.45, 2.75) is 31.7 Å². The van der Waals surface area contributed by atoms with Crippen molar-refractivity contribution in [3.05, 3.63) is 53.6 Å². The highest BCUT2D eigenvalue weighted by atomic mass is 16.5. The van der Waals surface area contributed by atoms with Gasteiger partial charge >= 0.3 is 0 Å². The lowest BCUT2D eigenvalue weighted by Crippen LogP contribution is -2.27. The van der Waals surface area contributed by atoms with Gasteiger partial charge in [0.1, 0.15) is 11.5 Å². The summed E-state index contributed by atoms with van der Waals surface area (Å²) in [6, 6.07) is 12.9. The summed E-state index contributed by atoms with van der Waals surface area (Å²) >= 11 is 0. The number of carbonyl (C=O) groups excluding carboxylic acids is 2. The van der Waals surface area contributed by atoms with Crippen LogP contribution in [0.2, 0.25) is 0 Å². The van der Waals surface area contributed by atoms with E-state index in [0.717, 1.165) is 18.4 Å². The van der Waals surface area contributed by atoms with Crippen molar-refractivity contribution < 1.29 is 19.1 Å². The van der Waals surface area contributed by atoms with Crippen LogP contribution in [-0.4, -0.2) is 32.1 Å². The number of para-hydroxylation sites is 1. The van der Waals surface area contributed by atoms with Crippen molar-refractivity contribution >= 4 is 17.5 Å². The Morgan fingerprint density at radius 1 is 1.04 bits per heavy atom. The zero-order chi connectivity index (χ0) is 19.2. The predicted octanol–water partition coefficient (Wildman–Crippen LogP) is 3.17. The molecule has 6 heteroatoms. The first kappa shape index (κ1) is 18.8. The van der Waals surface area contributed by atoms with Crippen LogP contribution in [0.5, 0.6) is 11.5 Å². The van der Waals surface area contributed by atoms with Crippen LogP contribution in [0.3, 0.4) is 0 Å². The molecule has 0 spiro atoms. The Bertz CT molecular complexity index is 808. The van der Waals surface area contributed by atoms with Crippen molar-refractivity contribution in [3.8, 4) is 11.5 Å². The van der Waals surface area contributed by atoms with Gasteiger partial charge in [0.15, 0.2) is 0 Å². The van der Waals surface area contributed by atoms with Gasteiger partial charge in [-0.1, -0.05) is 12.1 Å². The SMILES string of the molecule is COc1cc(CCC(=O)Nc2ccccc2C(=O)NC2CC2)cc(OC)c1. The van der Waals surface area contributed by atoms with Crippen LogP contribution in [0.4, 0.5) is 5.69 Å². The molecule has 0 radical (unpaired) electrons. The predicted molar refractivity (Wildman–Crippen MR) is 103 cm³/mol. The minimum Gasteiger partial charge on any atom is -0.497 e. The van der Waals surface area contributed by atoms with Gasteiger partial charge in [0.05, 0.1) is 25.5 Å². The standard InChI is InChI=1S/C21H24N2O4/c1-26-16-11-14(12-17(13-16)27-2)7-10-20(24)23-19-6-4-3-5-18(19)21(25)22-15-8-9-15/h3-6,11-13,15H,7-10H2,1-2H3,(H,22,25)(H,23,24). The molecule has 0 saturated heterocycles. The summed E-state index contributed by atoms with van der Waals surface area (Å²) in [5.41, 5.74) is 1.96. The number of benzene rings is 2. The quantitative estimate of drug-likeness (QED) is 0.750. The molecule has 1 fully saturated rings. The van der Waals surface area contributed by atoms with E-state index in [0.29, 0.717) is 29.2 Å². The van der Waals surface area contributed by atoms with Gasteiger partial charge in [0.2, 0.25) is 5.91 Å². The molecular weight excluding hydrogens is 344 g/mol. The second-order valence-electron chi connectivity index (χ2n) is 6.56. The summed E-state index contributed by atoms with van der Waals surface area (Å²) in [5.74, 6) is 1.08. The third-order valence-electron chi connectivity index (χ3n) is 4.41. The van der Waals surface area contributed by atoms with Crippen LogP contribution in [0.25, 0.3) is 0 Å². The molecule has 1 aliphatic rings. The maximum Gasteiger partial charge on any atom is 0.253 e. The number of methoxy groups -OCH3 is 2. The van der Waals surface area contributed by atoms with Gasteiger partial charge in [-0.2, -0.15) is 0 Å². The van der Waals surface area contributed by atoms with Crippen LogP contribution in [0.1, 0.15) is 35.2 Å². The summed E-state index contributed by atoms with van der Waals surface area (Å²) < 4.78 is 10.5. The Morgan fingerprint density at radius 2 is 1.70 bits per heavy atom. The summed E-state index contributed by atoms with van der Waals surface area (Å²) in [4.78, 5) is 24.7. The monoisotopic (exact) mass is 368 g/mol. The molecular formula is C21H24N2O4. The maximum absolute atomic E-state index is 12.4. The Balaban J connectivity index is 1.62. The van der Waals surface area contributed by atoms with Crippen LogP contribution in [-0.2, 0) is 11.2 Å². The summed E-state index contributed by atoms with van der Waals surface area (Å²) in [7, 11) is 3.18. The lowest BCUT2D eigenvalue weighted by atomic mass is 10.1. The molecule has 0 aromatic heterocycles. The van der Waals surface area contributed by atoms with Crippen LogP contribution < -0.4 is 20.1 Å². The smallest absolute Gasteiger partial charge is 0.253 e. The first-order valence-electron chi connectivity index (χ1n) is 9.00. The van der Waals surface area contributed by atoms with Crippen molar-refractivity contribution in [1.82, 2.24) is 5.32 Å². The first-order valence-corrected chi connectivity index (χ1v) is 9.00. The lowest BCUT2D eigenvalue weighted by Gasteiger charge is -2.12. The number of anilines is 1. The van der Waals surface area contributed by atoms with E-state index in [2.05, 4.69) is 10.6 Å². The minimum atomic E-state index is -0.150. The van der Waals surface area contributed by atoms with E-state index in [9.17, 15) is 9.59 Å². The molecule has 2 aromatic rings. The fraction of sp³-hybridized carbons (Fsp3) is 0.333. The third-order valence-corrected chi connectivity index (χ3v) is 4.41. The van der Waals surface area contributed by atoms with Crippen molar-refractivity contribution in [2.24, 2.45) is 0 Å². The topological polar surface area (TPSA) is 76.7 Å². The molecule has 2 N–H and O–H groups in total. The molecule has 0 heterocycles. The third kappa shape index (κ3) is 5.23. The van der Waals surface area contributed by atoms with Gasteiger partial charge in [0.25, 0.3) is 5.91 Å². The fourth-order valence-electron chi connectivity index (χ4n) is 2.76. The molecule has 2 amide bonds. The molecule has 0 atom stereocenters. The van der Waals surface area contributed by atoms with E-state index in [1.807, 2.05) is 12.1 Å². The van der Waals surface area contributed by atoms with E-state index < -0.39 is 0 Å². The normalized spacial score (nSPS) is 13.0. The summed E-state index contributed by atoms with van der Waals surface area (Å²) in [6.07, 6.45) is 2.86. The second-order valence-corrected chi connectivity index (χ2v) is 6.56. The maximum atomic E-state index is 12.4. The Hall–Kier alpha value is -3.02. The summed E-state index contributed by atoms with van der Waals surface area (Å²) in [6.45, 7) is 0. The largest absolute Gasteiger partial charge is 0.497 e. The van der Waals surface area contributed by atoms with Gasteiger partial charge in [-0.15, -0.1) is 0 Å². The molecule has 0 bridgehead atoms. The Labute approximate surface area is 158 Å². The molecule has 1 aliphatic carbocycles. The fourth-order valence-corrected chi connectivity index (χ4v) is 2.76. The van der Waals surface area contributed by atoms with Gasteiger partial charge in [-0.05, 0) is 49.1 Å². The number of carbonyl (C=O) groups is 2. The second kappa shape index (κ2) is 8.58. The number of amides is 2. The highest BCUT2D eigenvalue weighted by molar-refractivity contribution is 6.03. The van der Waals surface area contributed by atoms with Gasteiger partial charge < -0.3 is 20.1 Å². The molecule has 3 rings (SSSR count). The molecule has 142 valence electrons. The van der Waals surface area contributed by atoms with E-state index in [4.69, 9.17) is 9.47 Å². The minimum absolute atomic E-state index is 0.147. The zero-order valence-electron chi connectivity index (χ0n) is 15.6. The number of ether oxygens (including phenoxy) is 2. The highest BCUT2D eigenvalue weighted by Crippen LogP contribution is 2.24. The molecule has 6 nitrogen and oxygen atoms in total. The number of hydrogen-bond acceptors (Lipinski definition) is 4. The number of aryl methyl sites for hydroxylation is 1. The zero-order valence-corrected chi connectivity index (χ0v) is 15.6. The average molecular weight is 368 g/mol. The number of nitrogens with one attached hydrogen (secondary N) is 2. The average Bonchev–Trinajstić information content (AvgIpc) is 3.50. The van der Waals surface area contributed by atoms with E-state index in [-0.39, 0.29) is 24.3 Å². The molecule has 27 heavy (non-hydrogen) atoms. The van der Waals surface area contributed by atoms with Gasteiger partial charge in [-0.3, -0.25) is 9.59 Å². The number of hydrogen-bond donors (Lipinski definition) is 2. The molecule has 0 aliphatic heterocycles. The Morgan fingerprint density at radius 3 is 2.33 bits per heavy atom. The van der Waals surface area contributed by atoms with Crippen LogP contribution >= 0.6 is 0 Å². The molecule has 1 saturated carbocycles. The summed E-state index contributed by atoms with van der Waals surface area (Å²) in [5, 5.41) is 5.80. The van der Waals surface area contributed by atoms with E-state index in [1.54, 1.807) is 44.6 Å². The number of rotatable bonds is 8. The van der Waals surface area contributed by atoms with Gasteiger partial charge in [-0.25, -0.2) is 0 Å². The van der Waals surface area contributed by atoms with Gasteiger partial charge in [0, 0.05) is 18.5 Å².